The smallest absolute Gasteiger partial charge is 0.311 e. The summed E-state index contributed by atoms with van der Waals surface area (Å²) >= 11 is 2.24. The molecule has 92 valence electrons. The summed E-state index contributed by atoms with van der Waals surface area (Å²) in [5, 5.41) is 9.38. The molecule has 2 nitrogen and oxygen atoms in total. The van der Waals surface area contributed by atoms with Crippen LogP contribution in [-0.4, -0.2) is 11.1 Å². The summed E-state index contributed by atoms with van der Waals surface area (Å²) in [6.07, 6.45) is 0.526. The van der Waals surface area contributed by atoms with Gasteiger partial charge in [0.2, 0.25) is 0 Å². The second-order valence-corrected chi connectivity index (χ2v) is 5.26. The van der Waals surface area contributed by atoms with Gasteiger partial charge in [0.15, 0.2) is 0 Å². The van der Waals surface area contributed by atoms with Gasteiger partial charge in [0.25, 0.3) is 0 Å². The van der Waals surface area contributed by atoms with Crippen LogP contribution in [0, 0.1) is 3.57 Å². The molecule has 0 bridgehead atoms. The number of carbonyl (C=O) groups is 1. The summed E-state index contributed by atoms with van der Waals surface area (Å²) in [6.45, 7) is 0. The van der Waals surface area contributed by atoms with Gasteiger partial charge in [-0.2, -0.15) is 0 Å². The molecule has 18 heavy (non-hydrogen) atoms. The van der Waals surface area contributed by atoms with Crippen LogP contribution in [0.4, 0.5) is 0 Å². The monoisotopic (exact) mass is 352 g/mol. The third kappa shape index (κ3) is 3.10. The van der Waals surface area contributed by atoms with Crippen molar-refractivity contribution in [2.24, 2.45) is 0 Å². The first-order valence-electron chi connectivity index (χ1n) is 5.69. The molecule has 1 unspecified atom stereocenters. The number of rotatable bonds is 4. The molecular formula is C15H13IO2. The Kier molecular flexibility index (Phi) is 4.36. The van der Waals surface area contributed by atoms with E-state index in [1.165, 1.54) is 0 Å². The lowest BCUT2D eigenvalue weighted by atomic mass is 9.92. The Morgan fingerprint density at radius 3 is 2.28 bits per heavy atom. The van der Waals surface area contributed by atoms with Crippen LogP contribution in [0.5, 0.6) is 0 Å². The summed E-state index contributed by atoms with van der Waals surface area (Å²) in [7, 11) is 0. The minimum absolute atomic E-state index is 0.484. The molecule has 0 saturated carbocycles. The molecule has 0 amide bonds. The topological polar surface area (TPSA) is 37.3 Å². The van der Waals surface area contributed by atoms with Crippen molar-refractivity contribution in [3.8, 4) is 0 Å². The van der Waals surface area contributed by atoms with Gasteiger partial charge in [-0.25, -0.2) is 0 Å². The van der Waals surface area contributed by atoms with Gasteiger partial charge in [0.1, 0.15) is 0 Å². The number of hydrogen-bond acceptors (Lipinski definition) is 1. The van der Waals surface area contributed by atoms with Gasteiger partial charge in [-0.1, -0.05) is 48.5 Å². The normalized spacial score (nSPS) is 12.1. The molecule has 0 aromatic heterocycles. The summed E-state index contributed by atoms with van der Waals surface area (Å²) in [5.74, 6) is -1.26. The van der Waals surface area contributed by atoms with E-state index in [2.05, 4.69) is 22.6 Å². The Labute approximate surface area is 120 Å². The van der Waals surface area contributed by atoms with Gasteiger partial charge in [0.05, 0.1) is 5.92 Å². The highest BCUT2D eigenvalue weighted by Gasteiger charge is 2.20. The van der Waals surface area contributed by atoms with Gasteiger partial charge in [0, 0.05) is 3.57 Å². The van der Waals surface area contributed by atoms with Gasteiger partial charge in [-0.05, 0) is 46.2 Å². The van der Waals surface area contributed by atoms with E-state index in [0.717, 1.165) is 14.7 Å². The van der Waals surface area contributed by atoms with Crippen molar-refractivity contribution in [3.05, 3.63) is 69.3 Å². The quantitative estimate of drug-likeness (QED) is 0.852. The fourth-order valence-corrected chi connectivity index (χ4v) is 2.52. The Morgan fingerprint density at radius 2 is 1.67 bits per heavy atom. The summed E-state index contributed by atoms with van der Waals surface area (Å²) in [5.41, 5.74) is 1.93. The van der Waals surface area contributed by atoms with Crippen LogP contribution >= 0.6 is 22.6 Å². The van der Waals surface area contributed by atoms with Crippen molar-refractivity contribution in [3.63, 3.8) is 0 Å². The van der Waals surface area contributed by atoms with Crippen LogP contribution in [0.2, 0.25) is 0 Å². The molecule has 1 atom stereocenters. The summed E-state index contributed by atoms with van der Waals surface area (Å²) in [4.78, 5) is 11.4. The average Bonchev–Trinajstić information content (AvgIpc) is 2.38. The highest BCUT2D eigenvalue weighted by molar-refractivity contribution is 14.1. The molecule has 0 aliphatic heterocycles. The van der Waals surface area contributed by atoms with Crippen molar-refractivity contribution in [1.82, 2.24) is 0 Å². The molecule has 2 aromatic rings. The Morgan fingerprint density at radius 1 is 1.06 bits per heavy atom. The first-order valence-corrected chi connectivity index (χ1v) is 6.77. The number of aliphatic carboxylic acids is 1. The summed E-state index contributed by atoms with van der Waals surface area (Å²) in [6, 6.07) is 17.3. The highest BCUT2D eigenvalue weighted by Crippen LogP contribution is 2.23. The van der Waals surface area contributed by atoms with E-state index in [4.69, 9.17) is 0 Å². The zero-order valence-electron chi connectivity index (χ0n) is 9.71. The Balaban J connectivity index is 2.28. The minimum Gasteiger partial charge on any atom is -0.481 e. The fourth-order valence-electron chi connectivity index (χ4n) is 1.92. The second-order valence-electron chi connectivity index (χ2n) is 4.10. The third-order valence-electron chi connectivity index (χ3n) is 2.88. The molecule has 1 N–H and O–H groups in total. The van der Waals surface area contributed by atoms with E-state index in [0.29, 0.717) is 6.42 Å². The van der Waals surface area contributed by atoms with Crippen molar-refractivity contribution in [1.29, 1.82) is 0 Å². The summed E-state index contributed by atoms with van der Waals surface area (Å²) < 4.78 is 1.11. The van der Waals surface area contributed by atoms with E-state index in [-0.39, 0.29) is 0 Å². The molecule has 3 heteroatoms. The lowest BCUT2D eigenvalue weighted by Gasteiger charge is -2.13. The van der Waals surface area contributed by atoms with Crippen molar-refractivity contribution < 1.29 is 9.90 Å². The van der Waals surface area contributed by atoms with E-state index in [1.54, 1.807) is 0 Å². The molecule has 0 saturated heterocycles. The van der Waals surface area contributed by atoms with Gasteiger partial charge < -0.3 is 5.11 Å². The maximum Gasteiger partial charge on any atom is 0.311 e. The lowest BCUT2D eigenvalue weighted by molar-refractivity contribution is -0.138. The van der Waals surface area contributed by atoms with Crippen LogP contribution in [0.3, 0.4) is 0 Å². The zero-order chi connectivity index (χ0) is 13.0. The van der Waals surface area contributed by atoms with E-state index >= 15 is 0 Å². The van der Waals surface area contributed by atoms with Crippen molar-refractivity contribution in [2.45, 2.75) is 12.3 Å². The number of halogens is 1. The van der Waals surface area contributed by atoms with Crippen molar-refractivity contribution >= 4 is 28.6 Å². The number of hydrogen-bond donors (Lipinski definition) is 1. The zero-order valence-corrected chi connectivity index (χ0v) is 11.9. The molecule has 2 aromatic carbocycles. The molecule has 0 radical (unpaired) electrons. The molecule has 0 fully saturated rings. The maximum absolute atomic E-state index is 11.4. The van der Waals surface area contributed by atoms with E-state index < -0.39 is 11.9 Å². The SMILES string of the molecule is O=C(O)C(Cc1ccccc1I)c1ccccc1. The molecule has 0 heterocycles. The first-order chi connectivity index (χ1) is 8.68. The van der Waals surface area contributed by atoms with Crippen LogP contribution in [0.25, 0.3) is 0 Å². The van der Waals surface area contributed by atoms with Crippen molar-refractivity contribution in [2.75, 3.05) is 0 Å². The predicted molar refractivity (Wildman–Crippen MR) is 79.7 cm³/mol. The molecule has 0 aliphatic rings. The van der Waals surface area contributed by atoms with Crippen LogP contribution in [0.1, 0.15) is 17.0 Å². The average molecular weight is 352 g/mol. The first kappa shape index (κ1) is 13.1. The van der Waals surface area contributed by atoms with Crippen LogP contribution in [-0.2, 0) is 11.2 Å². The lowest BCUT2D eigenvalue weighted by Crippen LogP contribution is -2.14. The van der Waals surface area contributed by atoms with Gasteiger partial charge in [-0.15, -0.1) is 0 Å². The number of benzene rings is 2. The Hall–Kier alpha value is -1.36. The Bertz CT molecular complexity index is 537. The molecule has 0 aliphatic carbocycles. The van der Waals surface area contributed by atoms with E-state index in [1.807, 2.05) is 54.6 Å². The molecular weight excluding hydrogens is 339 g/mol. The number of carboxylic acids is 1. The van der Waals surface area contributed by atoms with Gasteiger partial charge in [-0.3, -0.25) is 4.79 Å². The predicted octanol–water partition coefficient (Wildman–Crippen LogP) is 3.70. The molecule has 2 rings (SSSR count). The molecule has 0 spiro atoms. The second kappa shape index (κ2) is 6.00. The standard InChI is InChI=1S/C15H13IO2/c16-14-9-5-4-8-12(14)10-13(15(17)18)11-6-2-1-3-7-11/h1-9,13H,10H2,(H,17,18). The fraction of sp³-hybridized carbons (Fsp3) is 0.133. The van der Waals surface area contributed by atoms with Gasteiger partial charge >= 0.3 is 5.97 Å². The van der Waals surface area contributed by atoms with Crippen LogP contribution in [0.15, 0.2) is 54.6 Å². The highest BCUT2D eigenvalue weighted by atomic mass is 127. The third-order valence-corrected chi connectivity index (χ3v) is 3.93. The number of carboxylic acid groups (broad SMARTS) is 1. The largest absolute Gasteiger partial charge is 0.481 e. The van der Waals surface area contributed by atoms with E-state index in [9.17, 15) is 9.90 Å². The minimum atomic E-state index is -0.777. The maximum atomic E-state index is 11.4. The van der Waals surface area contributed by atoms with Crippen LogP contribution < -0.4 is 0 Å².